The zero-order valence-corrected chi connectivity index (χ0v) is 18.0. The van der Waals surface area contributed by atoms with Gasteiger partial charge in [0.2, 0.25) is 0 Å². The van der Waals surface area contributed by atoms with Crippen LogP contribution in [0.4, 0.5) is 4.39 Å². The van der Waals surface area contributed by atoms with Crippen LogP contribution in [-0.2, 0) is 17.2 Å². The lowest BCUT2D eigenvalue weighted by Crippen LogP contribution is -2.09. The number of rotatable bonds is 4. The minimum Gasteiger partial charge on any atom is -0.320 e. The highest BCUT2D eigenvalue weighted by molar-refractivity contribution is 7.84. The topological polar surface area (TPSA) is 47.8 Å². The van der Waals surface area contributed by atoms with Crippen LogP contribution in [0.25, 0.3) is 22.2 Å². The third kappa shape index (κ3) is 3.12. The minimum absolute atomic E-state index is 0.0498. The van der Waals surface area contributed by atoms with Crippen LogP contribution >= 0.6 is 0 Å². The van der Waals surface area contributed by atoms with E-state index >= 15 is 4.39 Å². The molecule has 1 aliphatic heterocycles. The van der Waals surface area contributed by atoms with Gasteiger partial charge in [0.25, 0.3) is 0 Å². The summed E-state index contributed by atoms with van der Waals surface area (Å²) in [5, 5.41) is 0. The Kier molecular flexibility index (Phi) is 4.32. The number of pyridine rings is 1. The number of fused-ring (bicyclic) bond motifs is 3. The molecule has 2 aliphatic rings. The fourth-order valence-corrected chi connectivity index (χ4v) is 5.61. The molecule has 4 aromatic rings. The summed E-state index contributed by atoms with van der Waals surface area (Å²) in [6.07, 6.45) is 7.61. The van der Waals surface area contributed by atoms with Crippen molar-refractivity contribution in [2.24, 2.45) is 0 Å². The number of benzene rings is 2. The Labute approximate surface area is 182 Å². The van der Waals surface area contributed by atoms with E-state index in [2.05, 4.69) is 9.55 Å². The van der Waals surface area contributed by atoms with E-state index in [1.807, 2.05) is 42.5 Å². The van der Waals surface area contributed by atoms with Crippen molar-refractivity contribution in [1.82, 2.24) is 14.5 Å². The molecular weight excluding hydrogens is 409 g/mol. The van der Waals surface area contributed by atoms with E-state index in [9.17, 15) is 4.21 Å². The number of nitrogens with zero attached hydrogens (tertiary/aromatic N) is 3. The van der Waals surface area contributed by atoms with Crippen LogP contribution in [0, 0.1) is 5.82 Å². The molecule has 3 heterocycles. The molecule has 1 unspecified atom stereocenters. The van der Waals surface area contributed by atoms with E-state index in [0.717, 1.165) is 45.9 Å². The lowest BCUT2D eigenvalue weighted by Gasteiger charge is -2.18. The molecule has 2 aromatic carbocycles. The largest absolute Gasteiger partial charge is 0.320 e. The second kappa shape index (κ2) is 7.09. The third-order valence-corrected chi connectivity index (χ3v) is 7.48. The van der Waals surface area contributed by atoms with Gasteiger partial charge in [0.1, 0.15) is 11.6 Å². The molecule has 0 spiro atoms. The molecule has 2 atom stereocenters. The average Bonchev–Trinajstić information content (AvgIpc) is 3.46. The molecule has 0 radical (unpaired) electrons. The van der Waals surface area contributed by atoms with Crippen molar-refractivity contribution in [3.63, 3.8) is 0 Å². The Morgan fingerprint density at radius 3 is 2.68 bits per heavy atom. The van der Waals surface area contributed by atoms with Gasteiger partial charge in [-0.2, -0.15) is 0 Å². The molecule has 0 bridgehead atoms. The molecule has 1 saturated carbocycles. The third-order valence-electron chi connectivity index (χ3n) is 6.49. The summed E-state index contributed by atoms with van der Waals surface area (Å²) in [6, 6.07) is 15.4. The van der Waals surface area contributed by atoms with Gasteiger partial charge >= 0.3 is 0 Å². The summed E-state index contributed by atoms with van der Waals surface area (Å²) in [6.45, 7) is 0. The maximum atomic E-state index is 15.0. The molecule has 2 aromatic heterocycles. The molecule has 31 heavy (non-hydrogen) atoms. The van der Waals surface area contributed by atoms with Gasteiger partial charge in [-0.25, -0.2) is 9.37 Å². The molecule has 0 amide bonds. The molecule has 6 heteroatoms. The lowest BCUT2D eigenvalue weighted by molar-refractivity contribution is 0.620. The number of aryl methyl sites for hydroxylation is 1. The van der Waals surface area contributed by atoms with Crippen LogP contribution in [0.15, 0.2) is 59.6 Å². The Balaban J connectivity index is 1.48. The fraction of sp³-hybridized carbons (Fsp3) is 0.280. The highest BCUT2D eigenvalue weighted by Gasteiger charge is 2.30. The first-order valence-electron chi connectivity index (χ1n) is 10.7. The first-order chi connectivity index (χ1) is 15.1. The SMILES string of the molecule is CS(=O)c1ccccc1[C@H]1CCc2nc3cc(F)c(-c4ccc(C5CC5)nc4)cc3n21. The number of halogens is 1. The highest BCUT2D eigenvalue weighted by atomic mass is 32.2. The van der Waals surface area contributed by atoms with Crippen LogP contribution in [0.1, 0.15) is 48.3 Å². The van der Waals surface area contributed by atoms with Crippen LogP contribution in [0.2, 0.25) is 0 Å². The highest BCUT2D eigenvalue weighted by Crippen LogP contribution is 2.41. The first kappa shape index (κ1) is 18.9. The molecule has 1 aliphatic carbocycles. The molecule has 0 saturated heterocycles. The normalized spacial score (nSPS) is 19.0. The van der Waals surface area contributed by atoms with Crippen molar-refractivity contribution < 1.29 is 8.60 Å². The summed E-state index contributed by atoms with van der Waals surface area (Å²) in [4.78, 5) is 10.1. The zero-order chi connectivity index (χ0) is 21.1. The number of hydrogen-bond donors (Lipinski definition) is 0. The molecular formula is C25H22FN3OS. The quantitative estimate of drug-likeness (QED) is 0.435. The summed E-state index contributed by atoms with van der Waals surface area (Å²) in [5.74, 6) is 1.25. The van der Waals surface area contributed by atoms with Crippen LogP contribution in [0.5, 0.6) is 0 Å². The van der Waals surface area contributed by atoms with Gasteiger partial charge in [-0.1, -0.05) is 24.3 Å². The van der Waals surface area contributed by atoms with Gasteiger partial charge in [-0.05, 0) is 43.0 Å². The Morgan fingerprint density at radius 1 is 1.10 bits per heavy atom. The second-order valence-electron chi connectivity index (χ2n) is 8.51. The predicted octanol–water partition coefficient (Wildman–Crippen LogP) is 5.39. The Morgan fingerprint density at radius 2 is 1.94 bits per heavy atom. The summed E-state index contributed by atoms with van der Waals surface area (Å²) in [7, 11) is -1.08. The van der Waals surface area contributed by atoms with E-state index in [-0.39, 0.29) is 11.9 Å². The summed E-state index contributed by atoms with van der Waals surface area (Å²) >= 11 is 0. The van der Waals surface area contributed by atoms with Crippen LogP contribution in [-0.4, -0.2) is 25.0 Å². The smallest absolute Gasteiger partial charge is 0.133 e. The van der Waals surface area contributed by atoms with Crippen molar-refractivity contribution in [2.45, 2.75) is 42.5 Å². The van der Waals surface area contributed by atoms with Crippen molar-refractivity contribution in [2.75, 3.05) is 6.26 Å². The Bertz CT molecular complexity index is 1340. The van der Waals surface area contributed by atoms with Gasteiger partial charge in [-0.15, -0.1) is 0 Å². The van der Waals surface area contributed by atoms with E-state index < -0.39 is 10.8 Å². The van der Waals surface area contributed by atoms with Crippen LogP contribution < -0.4 is 0 Å². The van der Waals surface area contributed by atoms with E-state index in [0.29, 0.717) is 17.0 Å². The summed E-state index contributed by atoms with van der Waals surface area (Å²) in [5.41, 5.74) is 5.06. The first-order valence-corrected chi connectivity index (χ1v) is 12.2. The van der Waals surface area contributed by atoms with Crippen molar-refractivity contribution in [3.05, 3.63) is 77.6 Å². The van der Waals surface area contributed by atoms with Crippen molar-refractivity contribution in [3.8, 4) is 11.1 Å². The zero-order valence-electron chi connectivity index (χ0n) is 17.2. The minimum atomic E-state index is -1.08. The van der Waals surface area contributed by atoms with Gasteiger partial charge in [0.15, 0.2) is 0 Å². The standard InChI is InChI=1S/C25H22FN3OS/c1-31(30)24-5-3-2-4-17(24)22-10-11-25-28-21-13-19(26)18(12-23(21)29(22)25)16-8-9-20(27-14-16)15-6-7-15/h2-5,8-9,12-15,22H,6-7,10-11H2,1H3/t22-,31?/m1/s1. The van der Waals surface area contributed by atoms with E-state index in [1.54, 1.807) is 12.5 Å². The average molecular weight is 432 g/mol. The molecule has 0 N–H and O–H groups in total. The summed E-state index contributed by atoms with van der Waals surface area (Å²) < 4.78 is 29.5. The van der Waals surface area contributed by atoms with Crippen molar-refractivity contribution >= 4 is 21.8 Å². The van der Waals surface area contributed by atoms with Gasteiger partial charge in [0, 0.05) is 52.6 Å². The van der Waals surface area contributed by atoms with E-state index in [4.69, 9.17) is 4.98 Å². The maximum absolute atomic E-state index is 15.0. The molecule has 156 valence electrons. The second-order valence-corrected chi connectivity index (χ2v) is 9.86. The Hall–Kier alpha value is -2.86. The van der Waals surface area contributed by atoms with Gasteiger partial charge in [-0.3, -0.25) is 9.19 Å². The van der Waals surface area contributed by atoms with E-state index in [1.165, 1.54) is 18.9 Å². The fourth-order valence-electron chi connectivity index (χ4n) is 4.80. The lowest BCUT2D eigenvalue weighted by atomic mass is 10.0. The molecule has 4 nitrogen and oxygen atoms in total. The van der Waals surface area contributed by atoms with Crippen molar-refractivity contribution in [1.29, 1.82) is 0 Å². The monoisotopic (exact) mass is 431 g/mol. The maximum Gasteiger partial charge on any atom is 0.133 e. The van der Waals surface area contributed by atoms with Gasteiger partial charge < -0.3 is 4.57 Å². The number of aromatic nitrogens is 3. The number of imidazole rings is 1. The molecule has 6 rings (SSSR count). The van der Waals surface area contributed by atoms with Gasteiger partial charge in [0.05, 0.1) is 27.9 Å². The molecule has 1 fully saturated rings. The predicted molar refractivity (Wildman–Crippen MR) is 120 cm³/mol. The number of hydrogen-bond acceptors (Lipinski definition) is 3. The van der Waals surface area contributed by atoms with Crippen LogP contribution in [0.3, 0.4) is 0 Å².